The van der Waals surface area contributed by atoms with Gasteiger partial charge in [-0.05, 0) is 30.9 Å². The van der Waals surface area contributed by atoms with Crippen LogP contribution in [0, 0.1) is 23.0 Å². The minimum Gasteiger partial charge on any atom is -0.379 e. The van der Waals surface area contributed by atoms with Crippen molar-refractivity contribution in [3.05, 3.63) is 33.9 Å². The average Bonchev–Trinajstić information content (AvgIpc) is 2.37. The van der Waals surface area contributed by atoms with Gasteiger partial charge in [0, 0.05) is 12.6 Å². The lowest BCUT2D eigenvalue weighted by atomic mass is 10.0. The molecule has 0 amide bonds. The first-order valence-corrected chi connectivity index (χ1v) is 7.49. The second kappa shape index (κ2) is 8.56. The fourth-order valence-electron chi connectivity index (χ4n) is 2.20. The molecule has 112 valence electrons. The van der Waals surface area contributed by atoms with Crippen molar-refractivity contribution in [2.45, 2.75) is 52.9 Å². The molecule has 0 aromatic heterocycles. The van der Waals surface area contributed by atoms with Gasteiger partial charge in [-0.15, -0.1) is 0 Å². The number of benzene rings is 1. The largest absolute Gasteiger partial charge is 0.379 e. The van der Waals surface area contributed by atoms with Crippen molar-refractivity contribution in [2.75, 3.05) is 11.9 Å². The maximum Gasteiger partial charge on any atom is 0.292 e. The molecule has 1 N–H and O–H groups in total. The van der Waals surface area contributed by atoms with Crippen LogP contribution in [-0.2, 0) is 0 Å². The van der Waals surface area contributed by atoms with E-state index in [0.29, 0.717) is 5.69 Å². The number of anilines is 1. The second-order valence-corrected chi connectivity index (χ2v) is 5.80. The van der Waals surface area contributed by atoms with Crippen LogP contribution in [0.2, 0.25) is 0 Å². The normalized spacial score (nSPS) is 10.8. The Morgan fingerprint density at radius 2 is 1.90 bits per heavy atom. The molecular formula is C16H26N2O2. The predicted octanol–water partition coefficient (Wildman–Crippen LogP) is 4.92. The quantitative estimate of drug-likeness (QED) is 0.396. The second-order valence-electron chi connectivity index (χ2n) is 5.80. The van der Waals surface area contributed by atoms with E-state index in [0.717, 1.165) is 24.4 Å². The zero-order valence-corrected chi connectivity index (χ0v) is 12.8. The minimum absolute atomic E-state index is 0.162. The third kappa shape index (κ3) is 6.04. The smallest absolute Gasteiger partial charge is 0.292 e. The Labute approximate surface area is 121 Å². The maximum atomic E-state index is 10.9. The highest BCUT2D eigenvalue weighted by atomic mass is 16.6. The van der Waals surface area contributed by atoms with Crippen molar-refractivity contribution in [3.63, 3.8) is 0 Å². The molecule has 0 spiro atoms. The van der Waals surface area contributed by atoms with Gasteiger partial charge in [0.05, 0.1) is 4.92 Å². The molecule has 0 unspecified atom stereocenters. The van der Waals surface area contributed by atoms with E-state index in [9.17, 15) is 10.1 Å². The predicted molar refractivity (Wildman–Crippen MR) is 84.2 cm³/mol. The number of hydrogen-bond acceptors (Lipinski definition) is 3. The standard InChI is InChI=1S/C16H26N2O2/c1-13(2)8-6-4-5-7-11-17-15-12-14(3)9-10-16(15)18(19)20/h9-10,12-13,17H,4-8,11H2,1-3H3. The average molecular weight is 278 g/mol. The molecule has 1 aromatic rings. The Kier molecular flexibility index (Phi) is 7.05. The summed E-state index contributed by atoms with van der Waals surface area (Å²) in [4.78, 5) is 10.6. The summed E-state index contributed by atoms with van der Waals surface area (Å²) in [6.45, 7) is 7.24. The topological polar surface area (TPSA) is 55.2 Å². The summed E-state index contributed by atoms with van der Waals surface area (Å²) < 4.78 is 0. The van der Waals surface area contributed by atoms with Crippen molar-refractivity contribution in [3.8, 4) is 0 Å². The van der Waals surface area contributed by atoms with E-state index >= 15 is 0 Å². The Balaban J connectivity index is 2.31. The highest BCUT2D eigenvalue weighted by Crippen LogP contribution is 2.25. The van der Waals surface area contributed by atoms with E-state index in [1.54, 1.807) is 12.1 Å². The molecule has 1 rings (SSSR count). The van der Waals surface area contributed by atoms with Crippen molar-refractivity contribution in [1.29, 1.82) is 0 Å². The van der Waals surface area contributed by atoms with Gasteiger partial charge in [-0.3, -0.25) is 10.1 Å². The molecule has 0 atom stereocenters. The summed E-state index contributed by atoms with van der Waals surface area (Å²) in [7, 11) is 0. The van der Waals surface area contributed by atoms with Gasteiger partial charge in [0.1, 0.15) is 5.69 Å². The molecule has 0 aliphatic rings. The van der Waals surface area contributed by atoms with Crippen LogP contribution in [0.5, 0.6) is 0 Å². The number of nitrogens with one attached hydrogen (secondary N) is 1. The molecule has 0 saturated carbocycles. The molecule has 4 heteroatoms. The number of aryl methyl sites for hydroxylation is 1. The maximum absolute atomic E-state index is 10.9. The molecule has 4 nitrogen and oxygen atoms in total. The molecule has 0 bridgehead atoms. The van der Waals surface area contributed by atoms with Crippen LogP contribution in [0.1, 0.15) is 51.5 Å². The summed E-state index contributed by atoms with van der Waals surface area (Å²) in [5.41, 5.74) is 1.84. The Bertz CT molecular complexity index is 430. The SMILES string of the molecule is Cc1ccc([N+](=O)[O-])c(NCCCCCCC(C)C)c1. The minimum atomic E-state index is -0.329. The zero-order chi connectivity index (χ0) is 15.0. The van der Waals surface area contributed by atoms with Gasteiger partial charge < -0.3 is 5.32 Å². The first kappa shape index (κ1) is 16.5. The van der Waals surface area contributed by atoms with Gasteiger partial charge in [-0.2, -0.15) is 0 Å². The molecular weight excluding hydrogens is 252 g/mol. The lowest BCUT2D eigenvalue weighted by molar-refractivity contribution is -0.384. The van der Waals surface area contributed by atoms with Crippen LogP contribution in [0.25, 0.3) is 0 Å². The third-order valence-electron chi connectivity index (χ3n) is 3.37. The Morgan fingerprint density at radius 1 is 1.20 bits per heavy atom. The third-order valence-corrected chi connectivity index (χ3v) is 3.37. The van der Waals surface area contributed by atoms with Gasteiger partial charge in [0.2, 0.25) is 0 Å². The van der Waals surface area contributed by atoms with Gasteiger partial charge in [0.15, 0.2) is 0 Å². The molecule has 0 aliphatic heterocycles. The molecule has 0 fully saturated rings. The first-order valence-electron chi connectivity index (χ1n) is 7.49. The van der Waals surface area contributed by atoms with Crippen LogP contribution in [0.4, 0.5) is 11.4 Å². The summed E-state index contributed by atoms with van der Waals surface area (Å²) in [6.07, 6.45) is 6.05. The van der Waals surface area contributed by atoms with Crippen molar-refractivity contribution in [1.82, 2.24) is 0 Å². The molecule has 0 aliphatic carbocycles. The summed E-state index contributed by atoms with van der Waals surface area (Å²) in [5, 5.41) is 14.1. The van der Waals surface area contributed by atoms with Crippen molar-refractivity contribution >= 4 is 11.4 Å². The lowest BCUT2D eigenvalue weighted by Gasteiger charge is -2.08. The molecule has 0 heterocycles. The Morgan fingerprint density at radius 3 is 2.55 bits per heavy atom. The monoisotopic (exact) mass is 278 g/mol. The summed E-state index contributed by atoms with van der Waals surface area (Å²) in [5.74, 6) is 0.781. The van der Waals surface area contributed by atoms with Gasteiger partial charge in [-0.25, -0.2) is 0 Å². The van der Waals surface area contributed by atoms with Gasteiger partial charge in [0.25, 0.3) is 5.69 Å². The highest BCUT2D eigenvalue weighted by Gasteiger charge is 2.12. The number of hydrogen-bond donors (Lipinski definition) is 1. The van der Waals surface area contributed by atoms with Crippen molar-refractivity contribution < 1.29 is 4.92 Å². The summed E-state index contributed by atoms with van der Waals surface area (Å²) in [6, 6.07) is 5.19. The fourth-order valence-corrected chi connectivity index (χ4v) is 2.20. The van der Waals surface area contributed by atoms with Gasteiger partial charge in [-0.1, -0.05) is 45.6 Å². The van der Waals surface area contributed by atoms with E-state index in [2.05, 4.69) is 19.2 Å². The molecule has 0 radical (unpaired) electrons. The van der Waals surface area contributed by atoms with E-state index in [1.807, 2.05) is 13.0 Å². The first-order chi connectivity index (χ1) is 9.50. The number of nitrogens with zero attached hydrogens (tertiary/aromatic N) is 1. The van der Waals surface area contributed by atoms with Crippen molar-refractivity contribution in [2.24, 2.45) is 5.92 Å². The summed E-state index contributed by atoms with van der Waals surface area (Å²) >= 11 is 0. The Hall–Kier alpha value is -1.58. The van der Waals surface area contributed by atoms with Crippen LogP contribution < -0.4 is 5.32 Å². The van der Waals surface area contributed by atoms with E-state index < -0.39 is 0 Å². The lowest BCUT2D eigenvalue weighted by Crippen LogP contribution is -2.04. The van der Waals surface area contributed by atoms with E-state index in [-0.39, 0.29) is 10.6 Å². The van der Waals surface area contributed by atoms with E-state index in [4.69, 9.17) is 0 Å². The number of unbranched alkanes of at least 4 members (excludes halogenated alkanes) is 3. The zero-order valence-electron chi connectivity index (χ0n) is 12.8. The van der Waals surface area contributed by atoms with Gasteiger partial charge >= 0.3 is 0 Å². The van der Waals surface area contributed by atoms with E-state index in [1.165, 1.54) is 25.7 Å². The van der Waals surface area contributed by atoms with Crippen LogP contribution in [0.3, 0.4) is 0 Å². The number of nitro benzene ring substituents is 1. The fraction of sp³-hybridized carbons (Fsp3) is 0.625. The highest BCUT2D eigenvalue weighted by molar-refractivity contribution is 5.62. The number of nitro groups is 1. The van der Waals surface area contributed by atoms with Crippen LogP contribution >= 0.6 is 0 Å². The number of rotatable bonds is 9. The molecule has 0 saturated heterocycles. The molecule has 1 aromatic carbocycles. The molecule has 20 heavy (non-hydrogen) atoms. The van der Waals surface area contributed by atoms with Crippen LogP contribution in [0.15, 0.2) is 18.2 Å². The van der Waals surface area contributed by atoms with Crippen LogP contribution in [-0.4, -0.2) is 11.5 Å².